The lowest BCUT2D eigenvalue weighted by molar-refractivity contribution is 0.0267. The fourth-order valence-electron chi connectivity index (χ4n) is 3.81. The molecule has 1 unspecified atom stereocenters. The molecule has 0 spiro atoms. The van der Waals surface area contributed by atoms with Gasteiger partial charge in [0.25, 0.3) is 0 Å². The summed E-state index contributed by atoms with van der Waals surface area (Å²) in [5.41, 5.74) is 3.91. The van der Waals surface area contributed by atoms with Crippen LogP contribution in [-0.4, -0.2) is 55.4 Å². The van der Waals surface area contributed by atoms with E-state index in [1.807, 2.05) is 58.6 Å². The lowest BCUT2D eigenvalue weighted by atomic mass is 10.2. The van der Waals surface area contributed by atoms with Crippen molar-refractivity contribution in [2.45, 2.75) is 26.5 Å². The van der Waals surface area contributed by atoms with E-state index >= 15 is 0 Å². The number of aryl methyl sites for hydroxylation is 2. The number of rotatable bonds is 4. The maximum atomic E-state index is 6.00. The number of nitrogens with zero attached hydrogens (tertiary/aromatic N) is 7. The van der Waals surface area contributed by atoms with Gasteiger partial charge in [0.2, 0.25) is 0 Å². The highest BCUT2D eigenvalue weighted by molar-refractivity contribution is 5.59. The number of benzene rings is 1. The maximum Gasteiger partial charge on any atom is 0.185 e. The lowest BCUT2D eigenvalue weighted by Gasteiger charge is -2.33. The normalized spacial score (nSPS) is 17.2. The summed E-state index contributed by atoms with van der Waals surface area (Å²) in [6, 6.07) is 16.1. The number of ether oxygens (including phenoxy) is 1. The van der Waals surface area contributed by atoms with Crippen LogP contribution in [0, 0.1) is 13.8 Å². The standard InChI is InChI=1S/C21H23N7O/c1-15-12-16(2)27(24-15)14-18-13-26(10-11-29-18)20-9-8-19-22-23-21(28(19)25-20)17-6-4-3-5-7-17/h3-9,12,18H,10-11,13-14H2,1-2H3. The van der Waals surface area contributed by atoms with Crippen molar-refractivity contribution in [3.8, 4) is 11.4 Å². The van der Waals surface area contributed by atoms with Gasteiger partial charge in [-0.25, -0.2) is 0 Å². The summed E-state index contributed by atoms with van der Waals surface area (Å²) >= 11 is 0. The molecule has 0 aliphatic carbocycles. The number of anilines is 1. The maximum absolute atomic E-state index is 6.00. The molecule has 5 rings (SSSR count). The molecule has 3 aromatic heterocycles. The van der Waals surface area contributed by atoms with E-state index in [0.717, 1.165) is 53.9 Å². The van der Waals surface area contributed by atoms with Crippen molar-refractivity contribution in [3.05, 3.63) is 59.9 Å². The van der Waals surface area contributed by atoms with Crippen LogP contribution in [0.2, 0.25) is 0 Å². The molecular formula is C21H23N7O. The van der Waals surface area contributed by atoms with Crippen LogP contribution < -0.4 is 4.90 Å². The van der Waals surface area contributed by atoms with Crippen molar-refractivity contribution in [3.63, 3.8) is 0 Å². The Labute approximate surface area is 168 Å². The third-order valence-electron chi connectivity index (χ3n) is 5.22. The molecule has 1 atom stereocenters. The summed E-state index contributed by atoms with van der Waals surface area (Å²) in [5, 5.41) is 18.0. The number of hydrogen-bond donors (Lipinski definition) is 0. The second kappa shape index (κ2) is 7.29. The summed E-state index contributed by atoms with van der Waals surface area (Å²) in [4.78, 5) is 2.26. The van der Waals surface area contributed by atoms with Crippen molar-refractivity contribution in [2.75, 3.05) is 24.6 Å². The lowest BCUT2D eigenvalue weighted by Crippen LogP contribution is -2.45. The van der Waals surface area contributed by atoms with Crippen molar-refractivity contribution in [1.29, 1.82) is 0 Å². The highest BCUT2D eigenvalue weighted by Gasteiger charge is 2.23. The van der Waals surface area contributed by atoms with Crippen molar-refractivity contribution >= 4 is 11.5 Å². The van der Waals surface area contributed by atoms with Crippen LogP contribution in [0.1, 0.15) is 11.4 Å². The smallest absolute Gasteiger partial charge is 0.185 e. The zero-order valence-corrected chi connectivity index (χ0v) is 16.6. The van der Waals surface area contributed by atoms with Gasteiger partial charge in [-0.05, 0) is 32.0 Å². The van der Waals surface area contributed by atoms with E-state index < -0.39 is 0 Å². The third-order valence-corrected chi connectivity index (χ3v) is 5.22. The van der Waals surface area contributed by atoms with Crippen molar-refractivity contribution in [1.82, 2.24) is 29.6 Å². The van der Waals surface area contributed by atoms with Crippen LogP contribution in [0.5, 0.6) is 0 Å². The highest BCUT2D eigenvalue weighted by Crippen LogP contribution is 2.21. The molecule has 29 heavy (non-hydrogen) atoms. The Morgan fingerprint density at radius 2 is 1.90 bits per heavy atom. The predicted octanol–water partition coefficient (Wildman–Crippen LogP) is 2.51. The Balaban J connectivity index is 1.40. The summed E-state index contributed by atoms with van der Waals surface area (Å²) in [6.45, 7) is 7.06. The molecule has 1 aliphatic rings. The molecule has 0 amide bonds. The van der Waals surface area contributed by atoms with Crippen LogP contribution >= 0.6 is 0 Å². The minimum Gasteiger partial charge on any atom is -0.373 e. The van der Waals surface area contributed by atoms with Gasteiger partial charge in [0.15, 0.2) is 11.5 Å². The van der Waals surface area contributed by atoms with E-state index in [4.69, 9.17) is 9.84 Å². The first kappa shape index (κ1) is 17.8. The Morgan fingerprint density at radius 3 is 2.69 bits per heavy atom. The molecule has 8 heteroatoms. The molecule has 4 heterocycles. The molecule has 8 nitrogen and oxygen atoms in total. The zero-order valence-electron chi connectivity index (χ0n) is 16.6. The number of fused-ring (bicyclic) bond motifs is 1. The molecule has 4 aromatic rings. The summed E-state index contributed by atoms with van der Waals surface area (Å²) in [7, 11) is 0. The summed E-state index contributed by atoms with van der Waals surface area (Å²) < 4.78 is 9.84. The molecule has 1 aliphatic heterocycles. The largest absolute Gasteiger partial charge is 0.373 e. The topological polar surface area (TPSA) is 73.4 Å². The van der Waals surface area contributed by atoms with E-state index in [0.29, 0.717) is 6.61 Å². The van der Waals surface area contributed by atoms with Crippen LogP contribution in [0.15, 0.2) is 48.5 Å². The van der Waals surface area contributed by atoms with Crippen molar-refractivity contribution < 1.29 is 4.74 Å². The Morgan fingerprint density at radius 1 is 1.03 bits per heavy atom. The third kappa shape index (κ3) is 3.47. The van der Waals surface area contributed by atoms with Gasteiger partial charge in [0, 0.05) is 24.3 Å². The molecule has 0 bridgehead atoms. The highest BCUT2D eigenvalue weighted by atomic mass is 16.5. The first-order chi connectivity index (χ1) is 14.2. The molecule has 0 radical (unpaired) electrons. The van der Waals surface area contributed by atoms with Gasteiger partial charge >= 0.3 is 0 Å². The zero-order chi connectivity index (χ0) is 19.8. The fourth-order valence-corrected chi connectivity index (χ4v) is 3.81. The average Bonchev–Trinajstić information content (AvgIpc) is 3.30. The van der Waals surface area contributed by atoms with E-state index in [1.165, 1.54) is 0 Å². The molecule has 1 fully saturated rings. The fraction of sp³-hybridized carbons (Fsp3) is 0.333. The molecule has 0 saturated carbocycles. The second-order valence-electron chi connectivity index (χ2n) is 7.40. The molecular weight excluding hydrogens is 366 g/mol. The minimum absolute atomic E-state index is 0.0637. The monoisotopic (exact) mass is 389 g/mol. The van der Waals surface area contributed by atoms with Gasteiger partial charge in [0.1, 0.15) is 5.82 Å². The minimum atomic E-state index is 0.0637. The summed E-state index contributed by atoms with van der Waals surface area (Å²) in [5.74, 6) is 1.64. The number of aromatic nitrogens is 6. The Hall–Kier alpha value is -3.26. The predicted molar refractivity (Wildman–Crippen MR) is 110 cm³/mol. The second-order valence-corrected chi connectivity index (χ2v) is 7.40. The van der Waals surface area contributed by atoms with Crippen LogP contribution in [0.4, 0.5) is 5.82 Å². The average molecular weight is 389 g/mol. The quantitative estimate of drug-likeness (QED) is 0.534. The van der Waals surface area contributed by atoms with Gasteiger partial charge < -0.3 is 9.64 Å². The summed E-state index contributed by atoms with van der Waals surface area (Å²) in [6.07, 6.45) is 0.0637. The SMILES string of the molecule is Cc1cc(C)n(CC2CN(c3ccc4nnc(-c5ccccc5)n4n3)CCO2)n1. The van der Waals surface area contributed by atoms with Gasteiger partial charge in [-0.3, -0.25) is 4.68 Å². The van der Waals surface area contributed by atoms with Gasteiger partial charge in [-0.2, -0.15) is 9.61 Å². The van der Waals surface area contributed by atoms with Gasteiger partial charge in [-0.1, -0.05) is 30.3 Å². The van der Waals surface area contributed by atoms with Gasteiger partial charge in [0.05, 0.1) is 24.9 Å². The Bertz CT molecular complexity index is 1130. The van der Waals surface area contributed by atoms with Crippen LogP contribution in [-0.2, 0) is 11.3 Å². The number of morpholine rings is 1. The van der Waals surface area contributed by atoms with E-state index in [-0.39, 0.29) is 6.10 Å². The van der Waals surface area contributed by atoms with Crippen molar-refractivity contribution in [2.24, 2.45) is 0 Å². The number of hydrogen-bond acceptors (Lipinski definition) is 6. The molecule has 0 N–H and O–H groups in total. The van der Waals surface area contributed by atoms with E-state index in [2.05, 4.69) is 33.2 Å². The van der Waals surface area contributed by atoms with Crippen LogP contribution in [0.25, 0.3) is 17.0 Å². The first-order valence-corrected chi connectivity index (χ1v) is 9.83. The first-order valence-electron chi connectivity index (χ1n) is 9.83. The molecule has 148 valence electrons. The van der Waals surface area contributed by atoms with E-state index in [9.17, 15) is 0 Å². The molecule has 1 aromatic carbocycles. The van der Waals surface area contributed by atoms with E-state index in [1.54, 1.807) is 0 Å². The molecule has 1 saturated heterocycles. The van der Waals surface area contributed by atoms with Crippen LogP contribution in [0.3, 0.4) is 0 Å². The van der Waals surface area contributed by atoms with Gasteiger partial charge in [-0.15, -0.1) is 15.3 Å². The Kier molecular flexibility index (Phi) is 4.48.